The summed E-state index contributed by atoms with van der Waals surface area (Å²) in [6, 6.07) is 28.1. The molecule has 230 valence electrons. The lowest BCUT2D eigenvalue weighted by Crippen LogP contribution is -2.54. The van der Waals surface area contributed by atoms with Crippen LogP contribution in [0.5, 0.6) is 0 Å². The molecule has 0 aliphatic carbocycles. The second-order valence-corrected chi connectivity index (χ2v) is 13.5. The van der Waals surface area contributed by atoms with Gasteiger partial charge in [0.2, 0.25) is 11.8 Å². The number of aryl methyl sites for hydroxylation is 1. The van der Waals surface area contributed by atoms with Gasteiger partial charge in [0.25, 0.3) is 10.0 Å². The number of benzene rings is 4. The van der Waals surface area contributed by atoms with Gasteiger partial charge in [-0.05, 0) is 68.3 Å². The molecule has 1 N–H and O–H groups in total. The van der Waals surface area contributed by atoms with Crippen LogP contribution in [-0.4, -0.2) is 43.8 Å². The van der Waals surface area contributed by atoms with E-state index in [-0.39, 0.29) is 40.5 Å². The summed E-state index contributed by atoms with van der Waals surface area (Å²) in [5.74, 6) is -0.924. The first kappa shape index (κ1) is 33.1. The summed E-state index contributed by atoms with van der Waals surface area (Å²) in [6.45, 7) is 5.00. The Morgan fingerprint density at radius 1 is 0.795 bits per heavy atom. The van der Waals surface area contributed by atoms with Crippen molar-refractivity contribution in [1.82, 2.24) is 10.2 Å². The van der Waals surface area contributed by atoms with Crippen molar-refractivity contribution in [2.45, 2.75) is 50.7 Å². The molecular formula is C34H35Cl2N3O4S. The Labute approximate surface area is 269 Å². The molecule has 0 spiro atoms. The van der Waals surface area contributed by atoms with Crippen molar-refractivity contribution in [3.05, 3.63) is 130 Å². The van der Waals surface area contributed by atoms with Gasteiger partial charge in [0.05, 0.1) is 15.6 Å². The van der Waals surface area contributed by atoms with E-state index in [4.69, 9.17) is 23.2 Å². The summed E-state index contributed by atoms with van der Waals surface area (Å²) in [5, 5.41) is 3.63. The molecule has 0 saturated carbocycles. The molecule has 4 aromatic rings. The standard InChI is InChI=1S/C34H35Cl2N3O4S/c1-24(2)37-34(41)32(21-26-9-5-4-6-10-26)38(22-27-15-17-28(35)18-16-27)33(40)23-39(31-12-8-7-11-30(31)36)44(42,43)29-19-13-25(3)14-20-29/h4-20,24,32H,21-23H2,1-3H3,(H,37,41). The van der Waals surface area contributed by atoms with E-state index in [1.54, 1.807) is 60.7 Å². The number of rotatable bonds is 12. The van der Waals surface area contributed by atoms with Crippen LogP contribution in [0.1, 0.15) is 30.5 Å². The first-order valence-corrected chi connectivity index (χ1v) is 16.4. The fourth-order valence-corrected chi connectivity index (χ4v) is 6.57. The smallest absolute Gasteiger partial charge is 0.264 e. The van der Waals surface area contributed by atoms with E-state index in [1.807, 2.05) is 51.1 Å². The molecule has 1 unspecified atom stereocenters. The maximum Gasteiger partial charge on any atom is 0.264 e. The fraction of sp³-hybridized carbons (Fsp3) is 0.235. The van der Waals surface area contributed by atoms with E-state index in [9.17, 15) is 18.0 Å². The highest BCUT2D eigenvalue weighted by Crippen LogP contribution is 2.31. The molecule has 0 aromatic heterocycles. The summed E-state index contributed by atoms with van der Waals surface area (Å²) in [6.07, 6.45) is 0.218. The Morgan fingerprint density at radius 2 is 1.41 bits per heavy atom. The van der Waals surface area contributed by atoms with Gasteiger partial charge in [-0.1, -0.05) is 95.5 Å². The first-order chi connectivity index (χ1) is 21.0. The molecule has 0 fully saturated rings. The Kier molecular flexibility index (Phi) is 11.1. The van der Waals surface area contributed by atoms with E-state index in [2.05, 4.69) is 5.32 Å². The third kappa shape index (κ3) is 8.40. The quantitative estimate of drug-likeness (QED) is 0.186. The van der Waals surface area contributed by atoms with E-state index >= 15 is 0 Å². The van der Waals surface area contributed by atoms with Gasteiger partial charge < -0.3 is 10.2 Å². The van der Waals surface area contributed by atoms with Gasteiger partial charge in [0.1, 0.15) is 12.6 Å². The van der Waals surface area contributed by atoms with Crippen molar-refractivity contribution < 1.29 is 18.0 Å². The van der Waals surface area contributed by atoms with E-state index in [1.165, 1.54) is 17.0 Å². The topological polar surface area (TPSA) is 86.8 Å². The summed E-state index contributed by atoms with van der Waals surface area (Å²) in [5.41, 5.74) is 2.61. The number of hydrogen-bond donors (Lipinski definition) is 1. The molecular weight excluding hydrogens is 617 g/mol. The molecule has 0 aliphatic heterocycles. The van der Waals surface area contributed by atoms with Gasteiger partial charge in [-0.15, -0.1) is 0 Å². The highest BCUT2D eigenvalue weighted by molar-refractivity contribution is 7.92. The van der Waals surface area contributed by atoms with Crippen LogP contribution in [-0.2, 0) is 32.6 Å². The van der Waals surface area contributed by atoms with Crippen molar-refractivity contribution in [3.63, 3.8) is 0 Å². The van der Waals surface area contributed by atoms with Gasteiger partial charge in [-0.3, -0.25) is 13.9 Å². The molecule has 0 bridgehead atoms. The third-order valence-corrected chi connectivity index (χ3v) is 9.32. The number of sulfonamides is 1. The molecule has 0 heterocycles. The Hall–Kier alpha value is -3.85. The third-order valence-electron chi connectivity index (χ3n) is 6.98. The van der Waals surface area contributed by atoms with Crippen LogP contribution in [0, 0.1) is 6.92 Å². The van der Waals surface area contributed by atoms with Crippen molar-refractivity contribution in [3.8, 4) is 0 Å². The van der Waals surface area contributed by atoms with Crippen LogP contribution in [0.4, 0.5) is 5.69 Å². The van der Waals surface area contributed by atoms with Gasteiger partial charge in [-0.25, -0.2) is 8.42 Å². The fourth-order valence-electron chi connectivity index (χ4n) is 4.73. The van der Waals surface area contributed by atoms with Crippen LogP contribution in [0.15, 0.2) is 108 Å². The number of para-hydroxylation sites is 1. The maximum atomic E-state index is 14.4. The van der Waals surface area contributed by atoms with Gasteiger partial charge in [0.15, 0.2) is 0 Å². The minimum atomic E-state index is -4.24. The maximum absolute atomic E-state index is 14.4. The second kappa shape index (κ2) is 14.8. The summed E-state index contributed by atoms with van der Waals surface area (Å²) < 4.78 is 29.2. The number of amides is 2. The molecule has 7 nitrogen and oxygen atoms in total. The average Bonchev–Trinajstić information content (AvgIpc) is 2.99. The number of carbonyl (C=O) groups excluding carboxylic acids is 2. The number of halogens is 2. The first-order valence-electron chi connectivity index (χ1n) is 14.2. The van der Waals surface area contributed by atoms with E-state index < -0.39 is 28.5 Å². The molecule has 10 heteroatoms. The molecule has 0 aliphatic rings. The minimum absolute atomic E-state index is 0.0125. The number of carbonyl (C=O) groups is 2. The minimum Gasteiger partial charge on any atom is -0.352 e. The molecule has 4 rings (SSSR count). The van der Waals surface area contributed by atoms with Crippen LogP contribution in [0.25, 0.3) is 0 Å². The highest BCUT2D eigenvalue weighted by Gasteiger charge is 2.35. The van der Waals surface area contributed by atoms with Gasteiger partial charge in [-0.2, -0.15) is 0 Å². The predicted molar refractivity (Wildman–Crippen MR) is 176 cm³/mol. The molecule has 4 aromatic carbocycles. The largest absolute Gasteiger partial charge is 0.352 e. The van der Waals surface area contributed by atoms with Crippen LogP contribution in [0.2, 0.25) is 10.0 Å². The van der Waals surface area contributed by atoms with Crippen molar-refractivity contribution in [2.24, 2.45) is 0 Å². The number of hydrogen-bond acceptors (Lipinski definition) is 4. The number of nitrogens with zero attached hydrogens (tertiary/aromatic N) is 2. The highest BCUT2D eigenvalue weighted by atomic mass is 35.5. The number of nitrogens with one attached hydrogen (secondary N) is 1. The zero-order chi connectivity index (χ0) is 31.9. The summed E-state index contributed by atoms with van der Waals surface area (Å²) >= 11 is 12.6. The van der Waals surface area contributed by atoms with Crippen LogP contribution in [0.3, 0.4) is 0 Å². The number of anilines is 1. The SMILES string of the molecule is Cc1ccc(S(=O)(=O)N(CC(=O)N(Cc2ccc(Cl)cc2)C(Cc2ccccc2)C(=O)NC(C)C)c2ccccc2Cl)cc1. The Balaban J connectivity index is 1.81. The second-order valence-electron chi connectivity index (χ2n) is 10.8. The van der Waals surface area contributed by atoms with Crippen molar-refractivity contribution >= 4 is 50.7 Å². The molecule has 1 atom stereocenters. The van der Waals surface area contributed by atoms with Crippen molar-refractivity contribution in [2.75, 3.05) is 10.8 Å². The Morgan fingerprint density at radius 3 is 2.02 bits per heavy atom. The predicted octanol–water partition coefficient (Wildman–Crippen LogP) is 6.66. The van der Waals surface area contributed by atoms with Crippen LogP contribution < -0.4 is 9.62 Å². The van der Waals surface area contributed by atoms with Gasteiger partial charge in [0, 0.05) is 24.0 Å². The lowest BCUT2D eigenvalue weighted by molar-refractivity contribution is -0.140. The van der Waals surface area contributed by atoms with E-state index in [0.29, 0.717) is 5.02 Å². The lowest BCUT2D eigenvalue weighted by atomic mass is 10.0. The molecule has 44 heavy (non-hydrogen) atoms. The van der Waals surface area contributed by atoms with Crippen LogP contribution >= 0.6 is 23.2 Å². The monoisotopic (exact) mass is 651 g/mol. The van der Waals surface area contributed by atoms with Gasteiger partial charge >= 0.3 is 0 Å². The molecule has 2 amide bonds. The summed E-state index contributed by atoms with van der Waals surface area (Å²) in [4.78, 5) is 29.6. The Bertz CT molecular complexity index is 1680. The lowest BCUT2D eigenvalue weighted by Gasteiger charge is -2.34. The zero-order valence-electron chi connectivity index (χ0n) is 24.8. The average molecular weight is 653 g/mol. The molecule has 0 radical (unpaired) electrons. The molecule has 0 saturated heterocycles. The van der Waals surface area contributed by atoms with E-state index in [0.717, 1.165) is 21.0 Å². The summed E-state index contributed by atoms with van der Waals surface area (Å²) in [7, 11) is -4.24. The van der Waals surface area contributed by atoms with Crippen molar-refractivity contribution in [1.29, 1.82) is 0 Å². The normalized spacial score (nSPS) is 12.0. The zero-order valence-corrected chi connectivity index (χ0v) is 27.1.